The number of furan rings is 1. The van der Waals surface area contributed by atoms with Gasteiger partial charge in [-0.25, -0.2) is 5.43 Å². The lowest BCUT2D eigenvalue weighted by Gasteiger charge is -2.07. The minimum Gasteiger partial charge on any atom is -0.500 e. The van der Waals surface area contributed by atoms with Crippen LogP contribution in [0.25, 0.3) is 11.0 Å². The summed E-state index contributed by atoms with van der Waals surface area (Å²) in [6.07, 6.45) is 1.20. The van der Waals surface area contributed by atoms with Gasteiger partial charge in [-0.15, -0.1) is 0 Å². The van der Waals surface area contributed by atoms with Gasteiger partial charge in [0.1, 0.15) is 5.58 Å². The number of nitrogens with zero attached hydrogens (tertiary/aromatic N) is 2. The molecule has 0 bridgehead atoms. The molecule has 2 N–H and O–H groups in total. The molecule has 3 aromatic rings. The van der Waals surface area contributed by atoms with Crippen LogP contribution in [0.15, 0.2) is 50.4 Å². The second kappa shape index (κ2) is 8.09. The van der Waals surface area contributed by atoms with Crippen LogP contribution in [0, 0.1) is 10.1 Å². The van der Waals surface area contributed by atoms with E-state index >= 15 is 0 Å². The zero-order valence-electron chi connectivity index (χ0n) is 14.5. The van der Waals surface area contributed by atoms with E-state index in [0.717, 1.165) is 15.9 Å². The Morgan fingerprint density at radius 1 is 1.39 bits per heavy atom. The molecule has 0 saturated carbocycles. The van der Waals surface area contributed by atoms with E-state index in [4.69, 9.17) is 9.15 Å². The fourth-order valence-electron chi connectivity index (χ4n) is 2.44. The molecule has 28 heavy (non-hydrogen) atoms. The second-order valence-corrected chi connectivity index (χ2v) is 6.48. The first-order chi connectivity index (χ1) is 13.4. The zero-order chi connectivity index (χ0) is 20.3. The van der Waals surface area contributed by atoms with Crippen LogP contribution in [-0.2, 0) is 0 Å². The molecule has 1 amide bonds. The van der Waals surface area contributed by atoms with Crippen LogP contribution in [0.1, 0.15) is 23.0 Å². The average molecular weight is 448 g/mol. The molecule has 0 spiro atoms. The maximum atomic E-state index is 12.2. The summed E-state index contributed by atoms with van der Waals surface area (Å²) in [7, 11) is 0. The Balaban J connectivity index is 1.79. The monoisotopic (exact) mass is 447 g/mol. The number of nitro benzene ring substituents is 1. The lowest BCUT2D eigenvalue weighted by molar-refractivity contribution is -0.386. The summed E-state index contributed by atoms with van der Waals surface area (Å²) in [5.74, 6) is -1.13. The lowest BCUT2D eigenvalue weighted by Crippen LogP contribution is -2.16. The Bertz CT molecular complexity index is 1090. The van der Waals surface area contributed by atoms with E-state index in [2.05, 4.69) is 26.5 Å². The van der Waals surface area contributed by atoms with Crippen LogP contribution in [0.4, 0.5) is 5.69 Å². The molecule has 0 saturated heterocycles. The van der Waals surface area contributed by atoms with Gasteiger partial charge in [0.15, 0.2) is 11.5 Å². The molecule has 10 heteroatoms. The number of phenolic OH excluding ortho intramolecular Hbond substituents is 1. The number of hydrogen-bond acceptors (Lipinski definition) is 7. The van der Waals surface area contributed by atoms with Gasteiger partial charge in [-0.1, -0.05) is 15.9 Å². The van der Waals surface area contributed by atoms with Gasteiger partial charge in [0.25, 0.3) is 0 Å². The first-order valence-corrected chi connectivity index (χ1v) is 8.85. The summed E-state index contributed by atoms with van der Waals surface area (Å²) in [5, 5.41) is 25.5. The molecule has 1 aromatic heterocycles. The molecule has 1 heterocycles. The number of phenols is 1. The highest BCUT2D eigenvalue weighted by molar-refractivity contribution is 9.10. The molecule has 0 fully saturated rings. The van der Waals surface area contributed by atoms with Crippen molar-refractivity contribution in [1.29, 1.82) is 0 Å². The number of ether oxygens (including phenoxy) is 1. The van der Waals surface area contributed by atoms with Crippen LogP contribution in [0.5, 0.6) is 11.5 Å². The number of benzene rings is 2. The average Bonchev–Trinajstić information content (AvgIpc) is 3.07. The van der Waals surface area contributed by atoms with E-state index < -0.39 is 22.3 Å². The predicted molar refractivity (Wildman–Crippen MR) is 105 cm³/mol. The van der Waals surface area contributed by atoms with Gasteiger partial charge in [-0.05, 0) is 37.3 Å². The maximum Gasteiger partial charge on any atom is 0.315 e. The standard InChI is InChI=1S/C18H14BrN3O6/c1-2-27-15-6-10(5-13(17(15)23)22(25)26)9-20-21-18(24)16-8-11-7-12(19)3-4-14(11)28-16/h3-9,23H,2H2,1H3,(H,21,24)/b20-9+. The Hall–Kier alpha value is -3.40. The number of aromatic hydroxyl groups is 1. The topological polar surface area (TPSA) is 127 Å². The van der Waals surface area contributed by atoms with Gasteiger partial charge >= 0.3 is 11.6 Å². The summed E-state index contributed by atoms with van der Waals surface area (Å²) in [6.45, 7) is 1.89. The molecule has 0 aliphatic rings. The molecule has 0 aliphatic carbocycles. The maximum absolute atomic E-state index is 12.2. The number of carbonyl (C=O) groups is 1. The normalized spacial score (nSPS) is 11.1. The minimum atomic E-state index is -0.736. The summed E-state index contributed by atoms with van der Waals surface area (Å²) >= 11 is 3.34. The van der Waals surface area contributed by atoms with Crippen molar-refractivity contribution < 1.29 is 24.0 Å². The summed E-state index contributed by atoms with van der Waals surface area (Å²) in [4.78, 5) is 22.5. The number of halogens is 1. The third kappa shape index (κ3) is 4.12. The number of nitrogens with one attached hydrogen (secondary N) is 1. The number of nitro groups is 1. The van der Waals surface area contributed by atoms with Gasteiger partial charge in [0.05, 0.1) is 17.7 Å². The Kier molecular flexibility index (Phi) is 5.59. The molecule has 2 aromatic carbocycles. The van der Waals surface area contributed by atoms with E-state index in [-0.39, 0.29) is 23.7 Å². The van der Waals surface area contributed by atoms with E-state index in [1.165, 1.54) is 12.3 Å². The number of rotatable bonds is 6. The fraction of sp³-hybridized carbons (Fsp3) is 0.111. The zero-order valence-corrected chi connectivity index (χ0v) is 16.1. The van der Waals surface area contributed by atoms with Gasteiger partial charge in [-0.2, -0.15) is 5.10 Å². The van der Waals surface area contributed by atoms with Crippen molar-refractivity contribution in [3.05, 3.63) is 62.3 Å². The Labute approximate surface area is 166 Å². The highest BCUT2D eigenvalue weighted by Crippen LogP contribution is 2.36. The van der Waals surface area contributed by atoms with Crippen molar-refractivity contribution in [2.24, 2.45) is 5.10 Å². The molecule has 0 aliphatic heterocycles. The van der Waals surface area contributed by atoms with Crippen LogP contribution in [-0.4, -0.2) is 28.8 Å². The second-order valence-electron chi connectivity index (χ2n) is 5.57. The lowest BCUT2D eigenvalue weighted by atomic mass is 10.2. The van der Waals surface area contributed by atoms with E-state index in [9.17, 15) is 20.0 Å². The summed E-state index contributed by atoms with van der Waals surface area (Å²) in [6, 6.07) is 9.39. The van der Waals surface area contributed by atoms with Crippen molar-refractivity contribution in [3.63, 3.8) is 0 Å². The van der Waals surface area contributed by atoms with Crippen LogP contribution in [0.3, 0.4) is 0 Å². The first kappa shape index (κ1) is 19.4. The van der Waals surface area contributed by atoms with Gasteiger partial charge < -0.3 is 14.3 Å². The fourth-order valence-corrected chi connectivity index (χ4v) is 2.82. The van der Waals surface area contributed by atoms with Crippen LogP contribution >= 0.6 is 15.9 Å². The quantitative estimate of drug-likeness (QED) is 0.334. The van der Waals surface area contributed by atoms with E-state index in [1.807, 2.05) is 6.07 Å². The van der Waals surface area contributed by atoms with E-state index in [1.54, 1.807) is 25.1 Å². The minimum absolute atomic E-state index is 0.0488. The van der Waals surface area contributed by atoms with E-state index in [0.29, 0.717) is 5.58 Å². The molecule has 0 unspecified atom stereocenters. The van der Waals surface area contributed by atoms with Gasteiger partial charge in [0.2, 0.25) is 5.75 Å². The number of carbonyl (C=O) groups excluding carboxylic acids is 1. The Morgan fingerprint density at radius 3 is 2.89 bits per heavy atom. The van der Waals surface area contributed by atoms with Crippen LogP contribution < -0.4 is 10.2 Å². The third-order valence-electron chi connectivity index (χ3n) is 3.66. The van der Waals surface area contributed by atoms with Gasteiger partial charge in [-0.3, -0.25) is 14.9 Å². The first-order valence-electron chi connectivity index (χ1n) is 8.05. The van der Waals surface area contributed by atoms with Gasteiger partial charge in [0, 0.05) is 21.5 Å². The molecular weight excluding hydrogens is 434 g/mol. The van der Waals surface area contributed by atoms with Crippen molar-refractivity contribution in [3.8, 4) is 11.5 Å². The number of fused-ring (bicyclic) bond motifs is 1. The highest BCUT2D eigenvalue weighted by atomic mass is 79.9. The SMILES string of the molecule is CCOc1cc(/C=N/NC(=O)c2cc3cc(Br)ccc3o2)cc([N+](=O)[O-])c1O. The summed E-state index contributed by atoms with van der Waals surface area (Å²) in [5.41, 5.74) is 2.58. The van der Waals surface area contributed by atoms with Crippen molar-refractivity contribution in [1.82, 2.24) is 5.43 Å². The molecule has 144 valence electrons. The molecular formula is C18H14BrN3O6. The van der Waals surface area contributed by atoms with Crippen LogP contribution in [0.2, 0.25) is 0 Å². The van der Waals surface area contributed by atoms with Crippen molar-refractivity contribution in [2.45, 2.75) is 6.92 Å². The number of amides is 1. The highest BCUT2D eigenvalue weighted by Gasteiger charge is 2.19. The van der Waals surface area contributed by atoms with Crippen molar-refractivity contribution >= 4 is 44.7 Å². The predicted octanol–water partition coefficient (Wildman–Crippen LogP) is 3.97. The molecule has 0 atom stereocenters. The smallest absolute Gasteiger partial charge is 0.315 e. The molecule has 9 nitrogen and oxygen atoms in total. The third-order valence-corrected chi connectivity index (χ3v) is 4.15. The van der Waals surface area contributed by atoms with Crippen molar-refractivity contribution in [2.75, 3.05) is 6.61 Å². The largest absolute Gasteiger partial charge is 0.500 e. The summed E-state index contributed by atoms with van der Waals surface area (Å²) < 4.78 is 11.5. The number of hydrogen-bond donors (Lipinski definition) is 2. The molecule has 0 radical (unpaired) electrons. The number of hydrazone groups is 1. The molecule has 3 rings (SSSR count). The Morgan fingerprint density at radius 2 is 2.18 bits per heavy atom.